The lowest BCUT2D eigenvalue weighted by Crippen LogP contribution is -2.48. The maximum absolute atomic E-state index is 11.9. The quantitative estimate of drug-likeness (QED) is 0.431. The summed E-state index contributed by atoms with van der Waals surface area (Å²) in [5.74, 6) is 1.10. The second-order valence-electron chi connectivity index (χ2n) is 8.52. The average molecular weight is 405 g/mol. The Kier molecular flexibility index (Phi) is 8.61. The number of alkyl carbamates (subject to hydrolysis) is 1. The summed E-state index contributed by atoms with van der Waals surface area (Å²) in [6.45, 7) is 9.11. The van der Waals surface area contributed by atoms with Crippen molar-refractivity contribution in [3.8, 4) is 5.75 Å². The molecular weight excluding hydrogens is 368 g/mol. The van der Waals surface area contributed by atoms with E-state index >= 15 is 0 Å². The van der Waals surface area contributed by atoms with E-state index in [2.05, 4.69) is 20.9 Å². The van der Waals surface area contributed by atoms with Gasteiger partial charge in [0, 0.05) is 25.2 Å². The molecule has 29 heavy (non-hydrogen) atoms. The molecule has 0 bridgehead atoms. The molecule has 162 valence electrons. The zero-order chi connectivity index (χ0) is 21.3. The summed E-state index contributed by atoms with van der Waals surface area (Å²) in [5.41, 5.74) is 0.594. The van der Waals surface area contributed by atoms with Crippen LogP contribution in [0.5, 0.6) is 5.75 Å². The molecule has 0 heterocycles. The minimum Gasteiger partial charge on any atom is -0.508 e. The number of nitrogens with zero attached hydrogens (tertiary/aromatic N) is 1. The largest absolute Gasteiger partial charge is 0.508 e. The molecule has 0 unspecified atom stereocenters. The summed E-state index contributed by atoms with van der Waals surface area (Å²) in [4.78, 5) is 16.6. The molecule has 1 aliphatic carbocycles. The summed E-state index contributed by atoms with van der Waals surface area (Å²) in [6, 6.07) is 7.79. The Morgan fingerprint density at radius 1 is 1.17 bits per heavy atom. The highest BCUT2D eigenvalue weighted by Gasteiger charge is 2.25. The van der Waals surface area contributed by atoms with Crippen LogP contribution < -0.4 is 16.0 Å². The second-order valence-corrected chi connectivity index (χ2v) is 8.52. The minimum absolute atomic E-state index is 0.160. The molecule has 7 nitrogen and oxygen atoms in total. The lowest BCUT2D eigenvalue weighted by Gasteiger charge is -2.31. The summed E-state index contributed by atoms with van der Waals surface area (Å²) in [6.07, 6.45) is 4.21. The molecule has 1 aromatic rings. The molecule has 1 aromatic carbocycles. The standard InChI is InChI=1S/C22H36N4O3/c1-5-23-20(24-14-13-16-7-6-8-19(27)15-16)25-17-9-11-18(12-10-17)26-21(28)29-22(2,3)4/h6-8,15,17-18,27H,5,9-14H2,1-4H3,(H,26,28)(H2,23,24,25). The first-order valence-electron chi connectivity index (χ1n) is 10.6. The van der Waals surface area contributed by atoms with Crippen molar-refractivity contribution in [2.45, 2.75) is 77.5 Å². The predicted octanol–water partition coefficient (Wildman–Crippen LogP) is 3.33. The molecule has 1 amide bonds. The van der Waals surface area contributed by atoms with Crippen LogP contribution in [0.4, 0.5) is 4.79 Å². The second kappa shape index (κ2) is 10.9. The van der Waals surface area contributed by atoms with Gasteiger partial charge in [-0.3, -0.25) is 4.99 Å². The fraction of sp³-hybridized carbons (Fsp3) is 0.636. The Morgan fingerprint density at radius 2 is 1.83 bits per heavy atom. The molecule has 4 N–H and O–H groups in total. The molecule has 7 heteroatoms. The molecular formula is C22H36N4O3. The first-order valence-corrected chi connectivity index (χ1v) is 10.6. The van der Waals surface area contributed by atoms with Gasteiger partial charge in [0.05, 0.1) is 0 Å². The topological polar surface area (TPSA) is 95.0 Å². The van der Waals surface area contributed by atoms with Crippen molar-refractivity contribution in [3.63, 3.8) is 0 Å². The number of guanidine groups is 1. The van der Waals surface area contributed by atoms with Gasteiger partial charge in [0.15, 0.2) is 5.96 Å². The smallest absolute Gasteiger partial charge is 0.407 e. The Balaban J connectivity index is 1.77. The number of aliphatic imine (C=N–C) groups is 1. The normalized spacial score (nSPS) is 20.1. The minimum atomic E-state index is -0.474. The highest BCUT2D eigenvalue weighted by molar-refractivity contribution is 5.80. The monoisotopic (exact) mass is 404 g/mol. The molecule has 0 radical (unpaired) electrons. The number of amides is 1. The summed E-state index contributed by atoms with van der Waals surface area (Å²) >= 11 is 0. The fourth-order valence-corrected chi connectivity index (χ4v) is 3.38. The van der Waals surface area contributed by atoms with Crippen LogP contribution in [0.2, 0.25) is 0 Å². The zero-order valence-electron chi connectivity index (χ0n) is 18.1. The molecule has 1 fully saturated rings. The number of phenols is 1. The predicted molar refractivity (Wildman–Crippen MR) is 116 cm³/mol. The Hall–Kier alpha value is -2.44. The number of hydrogen-bond acceptors (Lipinski definition) is 4. The number of carbonyl (C=O) groups excluding carboxylic acids is 1. The third-order valence-corrected chi connectivity index (χ3v) is 4.71. The van der Waals surface area contributed by atoms with Crippen molar-refractivity contribution in [1.29, 1.82) is 0 Å². The third-order valence-electron chi connectivity index (χ3n) is 4.71. The number of aromatic hydroxyl groups is 1. The number of rotatable bonds is 6. The van der Waals surface area contributed by atoms with Crippen LogP contribution >= 0.6 is 0 Å². The van der Waals surface area contributed by atoms with Gasteiger partial charge in [0.1, 0.15) is 11.4 Å². The van der Waals surface area contributed by atoms with E-state index in [1.165, 1.54) is 0 Å². The average Bonchev–Trinajstić information content (AvgIpc) is 2.62. The van der Waals surface area contributed by atoms with E-state index in [0.717, 1.165) is 50.2 Å². The Morgan fingerprint density at radius 3 is 2.41 bits per heavy atom. The van der Waals surface area contributed by atoms with Crippen LogP contribution in [0.3, 0.4) is 0 Å². The summed E-state index contributed by atoms with van der Waals surface area (Å²) in [7, 11) is 0. The van der Waals surface area contributed by atoms with E-state index in [4.69, 9.17) is 4.74 Å². The number of carbonyl (C=O) groups is 1. The summed E-state index contributed by atoms with van der Waals surface area (Å²) in [5, 5.41) is 19.3. The van der Waals surface area contributed by atoms with Crippen LogP contribution in [-0.4, -0.2) is 47.9 Å². The van der Waals surface area contributed by atoms with E-state index in [-0.39, 0.29) is 17.9 Å². The maximum atomic E-state index is 11.9. The molecule has 0 spiro atoms. The lowest BCUT2D eigenvalue weighted by molar-refractivity contribution is 0.0490. The lowest BCUT2D eigenvalue weighted by atomic mass is 9.91. The molecule has 0 atom stereocenters. The van der Waals surface area contributed by atoms with Gasteiger partial charge < -0.3 is 25.8 Å². The SMILES string of the molecule is CCNC(=NCCc1cccc(O)c1)NC1CCC(NC(=O)OC(C)(C)C)CC1. The van der Waals surface area contributed by atoms with Crippen molar-refractivity contribution in [2.24, 2.45) is 4.99 Å². The van der Waals surface area contributed by atoms with Crippen molar-refractivity contribution in [3.05, 3.63) is 29.8 Å². The van der Waals surface area contributed by atoms with Crippen LogP contribution in [0, 0.1) is 0 Å². The summed E-state index contributed by atoms with van der Waals surface area (Å²) < 4.78 is 5.34. The van der Waals surface area contributed by atoms with E-state index in [1.807, 2.05) is 39.8 Å². The van der Waals surface area contributed by atoms with Gasteiger partial charge in [-0.1, -0.05) is 12.1 Å². The highest BCUT2D eigenvalue weighted by atomic mass is 16.6. The zero-order valence-corrected chi connectivity index (χ0v) is 18.1. The highest BCUT2D eigenvalue weighted by Crippen LogP contribution is 2.19. The van der Waals surface area contributed by atoms with Crippen LogP contribution in [0.25, 0.3) is 0 Å². The van der Waals surface area contributed by atoms with Crippen LogP contribution in [0.15, 0.2) is 29.3 Å². The van der Waals surface area contributed by atoms with E-state index in [9.17, 15) is 9.90 Å². The van der Waals surface area contributed by atoms with Crippen molar-refractivity contribution < 1.29 is 14.6 Å². The van der Waals surface area contributed by atoms with E-state index < -0.39 is 5.60 Å². The first-order chi connectivity index (χ1) is 13.7. The fourth-order valence-electron chi connectivity index (χ4n) is 3.38. The van der Waals surface area contributed by atoms with Crippen LogP contribution in [-0.2, 0) is 11.2 Å². The van der Waals surface area contributed by atoms with E-state index in [1.54, 1.807) is 12.1 Å². The van der Waals surface area contributed by atoms with Gasteiger partial charge in [-0.25, -0.2) is 4.79 Å². The van der Waals surface area contributed by atoms with Gasteiger partial charge in [-0.05, 0) is 77.5 Å². The number of nitrogens with one attached hydrogen (secondary N) is 3. The van der Waals surface area contributed by atoms with Gasteiger partial charge in [-0.15, -0.1) is 0 Å². The van der Waals surface area contributed by atoms with Crippen LogP contribution in [0.1, 0.15) is 58.9 Å². The van der Waals surface area contributed by atoms with Crippen molar-refractivity contribution in [2.75, 3.05) is 13.1 Å². The van der Waals surface area contributed by atoms with Gasteiger partial charge in [0.25, 0.3) is 0 Å². The molecule has 0 saturated heterocycles. The molecule has 0 aromatic heterocycles. The number of ether oxygens (including phenoxy) is 1. The van der Waals surface area contributed by atoms with Gasteiger partial charge >= 0.3 is 6.09 Å². The molecule has 2 rings (SSSR count). The van der Waals surface area contributed by atoms with Gasteiger partial charge in [0.2, 0.25) is 0 Å². The molecule has 1 aliphatic rings. The van der Waals surface area contributed by atoms with Gasteiger partial charge in [-0.2, -0.15) is 0 Å². The Bertz CT molecular complexity index is 677. The van der Waals surface area contributed by atoms with Crippen molar-refractivity contribution >= 4 is 12.1 Å². The first kappa shape index (κ1) is 22.8. The number of phenolic OH excluding ortho intramolecular Hbond substituents is 1. The maximum Gasteiger partial charge on any atom is 0.407 e. The molecule has 0 aliphatic heterocycles. The molecule has 1 saturated carbocycles. The number of hydrogen-bond donors (Lipinski definition) is 4. The third kappa shape index (κ3) is 9.07. The number of benzene rings is 1. The Labute approximate surface area is 174 Å². The van der Waals surface area contributed by atoms with Crippen molar-refractivity contribution in [1.82, 2.24) is 16.0 Å². The van der Waals surface area contributed by atoms with E-state index in [0.29, 0.717) is 12.6 Å².